The molecule has 3 saturated heterocycles. The van der Waals surface area contributed by atoms with E-state index in [1.165, 1.54) is 0 Å². The summed E-state index contributed by atoms with van der Waals surface area (Å²) in [5.74, 6) is -1.18. The average molecular weight is 589 g/mol. The Morgan fingerprint density at radius 2 is 1.57 bits per heavy atom. The van der Waals surface area contributed by atoms with E-state index in [1.54, 1.807) is 7.11 Å². The molecule has 3 fully saturated rings. The lowest BCUT2D eigenvalue weighted by Gasteiger charge is -2.45. The van der Waals surface area contributed by atoms with E-state index < -0.39 is 23.5 Å². The molecule has 2 atom stereocenters. The number of carboxylic acid groups (broad SMARTS) is 1. The molecule has 3 heterocycles. The highest BCUT2D eigenvalue weighted by Crippen LogP contribution is 2.34. The van der Waals surface area contributed by atoms with Gasteiger partial charge in [0.2, 0.25) is 6.10 Å². The number of esters is 1. The first-order chi connectivity index (χ1) is 20.1. The largest absolute Gasteiger partial charge is 0.496 e. The van der Waals surface area contributed by atoms with Crippen molar-refractivity contribution in [3.05, 3.63) is 29.8 Å². The van der Waals surface area contributed by atoms with E-state index >= 15 is 0 Å². The Labute approximate surface area is 249 Å². The number of nitrogens with one attached hydrogen (secondary N) is 1. The van der Waals surface area contributed by atoms with Gasteiger partial charge in [0.25, 0.3) is 0 Å². The molecule has 1 aromatic rings. The van der Waals surface area contributed by atoms with E-state index in [0.717, 1.165) is 57.7 Å². The number of para-hydroxylation sites is 1. The number of rotatable bonds is 11. The van der Waals surface area contributed by atoms with Gasteiger partial charge in [-0.15, -0.1) is 0 Å². The van der Waals surface area contributed by atoms with Crippen molar-refractivity contribution in [3.63, 3.8) is 0 Å². The molecule has 0 aliphatic carbocycles. The van der Waals surface area contributed by atoms with E-state index in [9.17, 15) is 19.5 Å². The number of benzene rings is 1. The highest BCUT2D eigenvalue weighted by atomic mass is 16.6. The zero-order chi connectivity index (χ0) is 30.3. The van der Waals surface area contributed by atoms with Crippen LogP contribution in [0.1, 0.15) is 64.5 Å². The van der Waals surface area contributed by atoms with E-state index in [4.69, 9.17) is 14.2 Å². The summed E-state index contributed by atoms with van der Waals surface area (Å²) in [6, 6.07) is 7.29. The molecule has 4 rings (SSSR count). The summed E-state index contributed by atoms with van der Waals surface area (Å²) in [7, 11) is 1.61. The van der Waals surface area contributed by atoms with Crippen LogP contribution in [0.5, 0.6) is 5.75 Å². The van der Waals surface area contributed by atoms with Gasteiger partial charge < -0.3 is 24.6 Å². The molecular formula is C31H48N4O7. The molecule has 0 bridgehead atoms. The zero-order valence-corrected chi connectivity index (χ0v) is 25.5. The van der Waals surface area contributed by atoms with Gasteiger partial charge in [-0.1, -0.05) is 18.2 Å². The Morgan fingerprint density at radius 3 is 2.17 bits per heavy atom. The standard InChI is InChI=1S/C31H48N4O7/c1-31(2,3)42-30(39)22-11-15-34(16-12-22)35-19-17-33(18-20-35)25(24-7-5-6-8-27(24)40-4)21-26(36)28(29(37)38)41-23-9-13-32-14-10-23/h5-8,22-23,25,28,32H,9-21H2,1-4H3,(H,37,38). The Kier molecular flexibility index (Phi) is 11.4. The van der Waals surface area contributed by atoms with Crippen LogP contribution < -0.4 is 10.1 Å². The number of hydrazine groups is 1. The van der Waals surface area contributed by atoms with Crippen molar-refractivity contribution in [3.8, 4) is 5.75 Å². The number of piperidine rings is 2. The molecule has 11 heteroatoms. The van der Waals surface area contributed by atoms with E-state index in [2.05, 4.69) is 20.2 Å². The van der Waals surface area contributed by atoms with Crippen LogP contribution in [0.25, 0.3) is 0 Å². The minimum absolute atomic E-state index is 0.0175. The van der Waals surface area contributed by atoms with Crippen LogP contribution in [0.3, 0.4) is 0 Å². The second-order valence-electron chi connectivity index (χ2n) is 12.5. The van der Waals surface area contributed by atoms with E-state index in [1.807, 2.05) is 45.0 Å². The summed E-state index contributed by atoms with van der Waals surface area (Å²) >= 11 is 0. The fraction of sp³-hybridized carbons (Fsp3) is 0.710. The Balaban J connectivity index is 1.40. The molecule has 2 N–H and O–H groups in total. The minimum atomic E-state index is -1.49. The molecule has 42 heavy (non-hydrogen) atoms. The highest BCUT2D eigenvalue weighted by molar-refractivity contribution is 6.01. The lowest BCUT2D eigenvalue weighted by atomic mass is 9.95. The first-order valence-corrected chi connectivity index (χ1v) is 15.3. The topological polar surface area (TPSA) is 121 Å². The Hall–Kier alpha value is -2.57. The summed E-state index contributed by atoms with van der Waals surface area (Å²) in [5.41, 5.74) is 0.388. The van der Waals surface area contributed by atoms with Crippen LogP contribution in [-0.4, -0.2) is 115 Å². The fourth-order valence-corrected chi connectivity index (χ4v) is 6.15. The number of piperazine rings is 1. The maximum absolute atomic E-state index is 13.5. The molecule has 0 aromatic heterocycles. The molecule has 0 amide bonds. The molecular weight excluding hydrogens is 540 g/mol. The van der Waals surface area contributed by atoms with Gasteiger partial charge in [0.05, 0.1) is 19.1 Å². The van der Waals surface area contributed by atoms with Gasteiger partial charge in [-0.3, -0.25) is 14.5 Å². The van der Waals surface area contributed by atoms with Crippen molar-refractivity contribution < 1.29 is 33.7 Å². The SMILES string of the molecule is COc1ccccc1C(CC(=O)C(OC1CCNCC1)C(=O)O)N1CCN(N2CCC(C(=O)OC(C)(C)C)CC2)CC1. The van der Waals surface area contributed by atoms with E-state index in [0.29, 0.717) is 31.7 Å². The van der Waals surface area contributed by atoms with E-state index in [-0.39, 0.29) is 30.5 Å². The number of carboxylic acids is 1. The number of hydrogen-bond acceptors (Lipinski definition) is 10. The predicted molar refractivity (Wildman–Crippen MR) is 157 cm³/mol. The second-order valence-corrected chi connectivity index (χ2v) is 12.5. The lowest BCUT2D eigenvalue weighted by molar-refractivity contribution is -0.165. The smallest absolute Gasteiger partial charge is 0.340 e. The minimum Gasteiger partial charge on any atom is -0.496 e. The van der Waals surface area contributed by atoms with Crippen LogP contribution in [0.15, 0.2) is 24.3 Å². The quantitative estimate of drug-likeness (QED) is 0.293. The van der Waals surface area contributed by atoms with Crippen molar-refractivity contribution >= 4 is 17.7 Å². The molecule has 234 valence electrons. The van der Waals surface area contributed by atoms with Gasteiger partial charge in [-0.25, -0.2) is 14.8 Å². The third-order valence-corrected chi connectivity index (χ3v) is 8.37. The van der Waals surface area contributed by atoms with Crippen molar-refractivity contribution in [2.24, 2.45) is 5.92 Å². The Bertz CT molecular complexity index is 1060. The highest BCUT2D eigenvalue weighted by Gasteiger charge is 2.37. The number of Topliss-reactive ketones (excluding diaryl/α,β-unsaturated/α-hetero) is 1. The second kappa shape index (κ2) is 14.7. The molecule has 0 saturated carbocycles. The van der Waals surface area contributed by atoms with Gasteiger partial charge in [0.1, 0.15) is 11.4 Å². The monoisotopic (exact) mass is 588 g/mol. The van der Waals surface area contributed by atoms with Crippen LogP contribution in [0.4, 0.5) is 0 Å². The fourth-order valence-electron chi connectivity index (χ4n) is 6.15. The molecule has 11 nitrogen and oxygen atoms in total. The van der Waals surface area contributed by atoms with Gasteiger partial charge >= 0.3 is 11.9 Å². The van der Waals surface area contributed by atoms with Gasteiger partial charge in [-0.2, -0.15) is 0 Å². The first-order valence-electron chi connectivity index (χ1n) is 15.3. The van der Waals surface area contributed by atoms with Crippen LogP contribution >= 0.6 is 0 Å². The molecule has 0 radical (unpaired) electrons. The number of nitrogens with zero attached hydrogens (tertiary/aromatic N) is 3. The van der Waals surface area contributed by atoms with Crippen LogP contribution in [0, 0.1) is 5.92 Å². The van der Waals surface area contributed by atoms with Gasteiger partial charge in [0, 0.05) is 57.3 Å². The number of hydrogen-bond donors (Lipinski definition) is 2. The van der Waals surface area contributed by atoms with Crippen molar-refractivity contribution in [2.75, 3.05) is 59.5 Å². The number of aliphatic carboxylic acids is 1. The Morgan fingerprint density at radius 1 is 0.952 bits per heavy atom. The summed E-state index contributed by atoms with van der Waals surface area (Å²) in [6.07, 6.45) is 1.18. The van der Waals surface area contributed by atoms with Gasteiger partial charge in [-0.05, 0) is 65.6 Å². The molecule has 2 unspecified atom stereocenters. The lowest BCUT2D eigenvalue weighted by Crippen LogP contribution is -2.56. The van der Waals surface area contributed by atoms with Crippen LogP contribution in [-0.2, 0) is 23.9 Å². The normalized spacial score (nSPS) is 21.9. The molecule has 1 aromatic carbocycles. The zero-order valence-electron chi connectivity index (χ0n) is 25.5. The molecule has 3 aliphatic rings. The summed E-state index contributed by atoms with van der Waals surface area (Å²) in [4.78, 5) is 40.5. The number of ketones is 1. The number of ether oxygens (including phenoxy) is 3. The predicted octanol–water partition coefficient (Wildman–Crippen LogP) is 2.50. The van der Waals surface area contributed by atoms with Crippen molar-refractivity contribution in [2.45, 2.75) is 76.7 Å². The summed E-state index contributed by atoms with van der Waals surface area (Å²) in [5, 5.41) is 17.8. The van der Waals surface area contributed by atoms with Crippen molar-refractivity contribution in [1.29, 1.82) is 0 Å². The van der Waals surface area contributed by atoms with Crippen molar-refractivity contribution in [1.82, 2.24) is 20.2 Å². The van der Waals surface area contributed by atoms with Crippen LogP contribution in [0.2, 0.25) is 0 Å². The summed E-state index contributed by atoms with van der Waals surface area (Å²) < 4.78 is 17.1. The number of carbonyl (C=O) groups is 3. The van der Waals surface area contributed by atoms with Gasteiger partial charge in [0.15, 0.2) is 5.78 Å². The first kappa shape index (κ1) is 32.3. The molecule has 3 aliphatic heterocycles. The number of carbonyl (C=O) groups excluding carboxylic acids is 2. The molecule has 0 spiro atoms. The maximum atomic E-state index is 13.5. The average Bonchev–Trinajstić information content (AvgIpc) is 2.98. The third-order valence-electron chi connectivity index (χ3n) is 8.37. The third kappa shape index (κ3) is 8.73. The number of methoxy groups -OCH3 is 1. The maximum Gasteiger partial charge on any atom is 0.340 e. The summed E-state index contributed by atoms with van der Waals surface area (Å²) in [6.45, 7) is 11.7.